The van der Waals surface area contributed by atoms with E-state index in [4.69, 9.17) is 14.5 Å². The number of hydrogen-bond acceptors (Lipinski definition) is 5. The van der Waals surface area contributed by atoms with Crippen molar-refractivity contribution in [3.63, 3.8) is 0 Å². The van der Waals surface area contributed by atoms with Crippen molar-refractivity contribution in [2.45, 2.75) is 65.7 Å². The van der Waals surface area contributed by atoms with Crippen molar-refractivity contribution in [2.75, 3.05) is 13.1 Å². The van der Waals surface area contributed by atoms with Gasteiger partial charge in [0, 0.05) is 37.2 Å². The number of aryl methyl sites for hydroxylation is 1. The lowest BCUT2D eigenvalue weighted by molar-refractivity contribution is -0.155. The van der Waals surface area contributed by atoms with Crippen molar-refractivity contribution in [3.8, 4) is 17.0 Å². The number of rotatable bonds is 8. The highest BCUT2D eigenvalue weighted by Gasteiger charge is 2.20. The molecule has 1 aliphatic heterocycles. The molecule has 0 fully saturated rings. The summed E-state index contributed by atoms with van der Waals surface area (Å²) in [7, 11) is 0. The molecule has 5 heteroatoms. The Kier molecular flexibility index (Phi) is 7.86. The minimum Gasteiger partial charge on any atom is -0.489 e. The molecule has 0 unspecified atom stereocenters. The van der Waals surface area contributed by atoms with E-state index in [-0.39, 0.29) is 5.97 Å². The molecule has 0 N–H and O–H groups in total. The Morgan fingerprint density at radius 3 is 2.60 bits per heavy atom. The fourth-order valence-corrected chi connectivity index (χ4v) is 4.37. The van der Waals surface area contributed by atoms with Crippen molar-refractivity contribution >= 4 is 5.97 Å². The number of ether oxygens (including phenoxy) is 2. The van der Waals surface area contributed by atoms with Crippen molar-refractivity contribution < 1.29 is 14.3 Å². The molecule has 1 aliphatic rings. The highest BCUT2D eigenvalue weighted by Crippen LogP contribution is 2.28. The van der Waals surface area contributed by atoms with Crippen LogP contribution in [0.5, 0.6) is 5.75 Å². The summed E-state index contributed by atoms with van der Waals surface area (Å²) in [4.78, 5) is 19.3. The highest BCUT2D eigenvalue weighted by atomic mass is 16.6. The summed E-state index contributed by atoms with van der Waals surface area (Å²) in [6.45, 7) is 11.1. The summed E-state index contributed by atoms with van der Waals surface area (Å²) in [6.07, 6.45) is 2.20. The van der Waals surface area contributed by atoms with Gasteiger partial charge in [0.2, 0.25) is 0 Å². The zero-order valence-corrected chi connectivity index (χ0v) is 21.3. The van der Waals surface area contributed by atoms with Crippen LogP contribution < -0.4 is 4.74 Å². The minimum atomic E-state index is -0.418. The fraction of sp³-hybridized carbons (Fsp3) is 0.400. The lowest BCUT2D eigenvalue weighted by Gasteiger charge is -2.28. The molecule has 0 spiro atoms. The highest BCUT2D eigenvalue weighted by molar-refractivity contribution is 5.69. The third-order valence-corrected chi connectivity index (χ3v) is 6.11. The first-order chi connectivity index (χ1) is 16.8. The van der Waals surface area contributed by atoms with Crippen LogP contribution in [-0.4, -0.2) is 34.5 Å². The number of esters is 1. The van der Waals surface area contributed by atoms with E-state index in [1.165, 1.54) is 11.3 Å². The Balaban J connectivity index is 1.33. The van der Waals surface area contributed by atoms with Crippen LogP contribution in [0.3, 0.4) is 0 Å². The zero-order valence-electron chi connectivity index (χ0n) is 21.3. The Hall–Kier alpha value is -3.18. The van der Waals surface area contributed by atoms with Crippen LogP contribution in [0.1, 0.15) is 56.0 Å². The van der Waals surface area contributed by atoms with Crippen LogP contribution in [0.15, 0.2) is 60.7 Å². The summed E-state index contributed by atoms with van der Waals surface area (Å²) in [5.41, 5.74) is 6.40. The lowest BCUT2D eigenvalue weighted by atomic mass is 10.0. The molecular formula is C30H36N2O3. The molecule has 0 atom stereocenters. The average Bonchev–Trinajstić information content (AvgIpc) is 2.82. The second kappa shape index (κ2) is 11.0. The molecule has 184 valence electrons. The number of fused-ring (bicyclic) bond motifs is 1. The SMILES string of the molecule is Cc1cc(-c2ccc3c(n2)CCN(CCCC(=O)OC(C)(C)C)C3)ccc1OCc1ccccc1. The van der Waals surface area contributed by atoms with E-state index < -0.39 is 5.60 Å². The zero-order chi connectivity index (χ0) is 24.8. The van der Waals surface area contributed by atoms with Crippen LogP contribution >= 0.6 is 0 Å². The van der Waals surface area contributed by atoms with Crippen molar-refractivity contribution in [1.82, 2.24) is 9.88 Å². The van der Waals surface area contributed by atoms with Crippen molar-refractivity contribution in [1.29, 1.82) is 0 Å². The van der Waals surface area contributed by atoms with Gasteiger partial charge in [0.15, 0.2) is 0 Å². The van der Waals surface area contributed by atoms with E-state index in [2.05, 4.69) is 48.2 Å². The predicted molar refractivity (Wildman–Crippen MR) is 139 cm³/mol. The largest absolute Gasteiger partial charge is 0.489 e. The van der Waals surface area contributed by atoms with E-state index in [0.717, 1.165) is 60.6 Å². The van der Waals surface area contributed by atoms with Gasteiger partial charge >= 0.3 is 5.97 Å². The number of pyridine rings is 1. The first kappa shape index (κ1) is 24.9. The van der Waals surface area contributed by atoms with Gasteiger partial charge in [0.1, 0.15) is 18.0 Å². The van der Waals surface area contributed by atoms with Crippen LogP contribution in [0.25, 0.3) is 11.3 Å². The second-order valence-electron chi connectivity index (χ2n) is 10.3. The first-order valence-corrected chi connectivity index (χ1v) is 12.5. The molecule has 0 bridgehead atoms. The molecule has 0 saturated carbocycles. The molecule has 0 radical (unpaired) electrons. The van der Waals surface area contributed by atoms with Gasteiger partial charge in [0.05, 0.1) is 5.69 Å². The van der Waals surface area contributed by atoms with Gasteiger partial charge in [-0.25, -0.2) is 0 Å². The number of aromatic nitrogens is 1. The smallest absolute Gasteiger partial charge is 0.306 e. The van der Waals surface area contributed by atoms with Crippen LogP contribution in [0, 0.1) is 6.92 Å². The van der Waals surface area contributed by atoms with Crippen LogP contribution in [0.4, 0.5) is 0 Å². The van der Waals surface area contributed by atoms with Gasteiger partial charge in [-0.15, -0.1) is 0 Å². The molecule has 2 aromatic carbocycles. The molecule has 5 nitrogen and oxygen atoms in total. The molecule has 2 heterocycles. The number of carbonyl (C=O) groups is 1. The standard InChI is InChI=1S/C30H36N2O3/c1-22-19-24(13-15-28(22)34-21-23-9-6-5-7-10-23)26-14-12-25-20-32(18-16-27(25)31-26)17-8-11-29(33)35-30(2,3)4/h5-7,9-10,12-15,19H,8,11,16-18,20-21H2,1-4H3. The summed E-state index contributed by atoms with van der Waals surface area (Å²) in [5.74, 6) is 0.783. The van der Waals surface area contributed by atoms with E-state index in [1.54, 1.807) is 0 Å². The van der Waals surface area contributed by atoms with E-state index in [0.29, 0.717) is 13.0 Å². The molecule has 0 saturated heterocycles. The maximum atomic E-state index is 12.0. The van der Waals surface area contributed by atoms with Crippen molar-refractivity contribution in [3.05, 3.63) is 83.0 Å². The first-order valence-electron chi connectivity index (χ1n) is 12.5. The Morgan fingerprint density at radius 2 is 1.86 bits per heavy atom. The second-order valence-corrected chi connectivity index (χ2v) is 10.3. The van der Waals surface area contributed by atoms with Gasteiger partial charge in [-0.2, -0.15) is 0 Å². The molecule has 4 rings (SSSR count). The fourth-order valence-electron chi connectivity index (χ4n) is 4.37. The predicted octanol–water partition coefficient (Wildman–Crippen LogP) is 6.12. The third-order valence-electron chi connectivity index (χ3n) is 6.11. The lowest BCUT2D eigenvalue weighted by Crippen LogP contribution is -2.32. The third kappa shape index (κ3) is 7.15. The molecule has 1 aromatic heterocycles. The molecular weight excluding hydrogens is 436 g/mol. The molecule has 0 amide bonds. The summed E-state index contributed by atoms with van der Waals surface area (Å²) < 4.78 is 11.4. The topological polar surface area (TPSA) is 51.7 Å². The van der Waals surface area contributed by atoms with Gasteiger partial charge in [-0.05, 0) is 81.6 Å². The number of hydrogen-bond donors (Lipinski definition) is 0. The van der Waals surface area contributed by atoms with Gasteiger partial charge in [0.25, 0.3) is 0 Å². The minimum absolute atomic E-state index is 0.118. The molecule has 3 aromatic rings. The summed E-state index contributed by atoms with van der Waals surface area (Å²) in [5, 5.41) is 0. The van der Waals surface area contributed by atoms with E-state index in [9.17, 15) is 4.79 Å². The number of benzene rings is 2. The normalized spacial score (nSPS) is 13.8. The molecule has 0 aliphatic carbocycles. The van der Waals surface area contributed by atoms with Crippen LogP contribution in [0.2, 0.25) is 0 Å². The monoisotopic (exact) mass is 472 g/mol. The number of carbonyl (C=O) groups excluding carboxylic acids is 1. The maximum Gasteiger partial charge on any atom is 0.306 e. The van der Waals surface area contributed by atoms with Crippen LogP contribution in [-0.2, 0) is 29.1 Å². The molecule has 35 heavy (non-hydrogen) atoms. The number of nitrogens with zero attached hydrogens (tertiary/aromatic N) is 2. The van der Waals surface area contributed by atoms with Gasteiger partial charge in [-0.1, -0.05) is 36.4 Å². The Bertz CT molecular complexity index is 1150. The Labute approximate surface area is 209 Å². The van der Waals surface area contributed by atoms with E-state index in [1.807, 2.05) is 45.0 Å². The van der Waals surface area contributed by atoms with Crippen molar-refractivity contribution in [2.24, 2.45) is 0 Å². The maximum absolute atomic E-state index is 12.0. The van der Waals surface area contributed by atoms with Gasteiger partial charge in [-0.3, -0.25) is 14.7 Å². The van der Waals surface area contributed by atoms with E-state index >= 15 is 0 Å². The van der Waals surface area contributed by atoms with Gasteiger partial charge < -0.3 is 9.47 Å². The quantitative estimate of drug-likeness (QED) is 0.370. The average molecular weight is 473 g/mol. The summed E-state index contributed by atoms with van der Waals surface area (Å²) in [6, 6.07) is 20.8. The Morgan fingerprint density at radius 1 is 1.06 bits per heavy atom. The summed E-state index contributed by atoms with van der Waals surface area (Å²) >= 11 is 0.